The summed E-state index contributed by atoms with van der Waals surface area (Å²) in [6.07, 6.45) is 2.69. The minimum atomic E-state index is 0.316. The third-order valence-electron chi connectivity index (χ3n) is 2.66. The number of halogens is 3. The molecule has 0 saturated heterocycles. The lowest BCUT2D eigenvalue weighted by molar-refractivity contribution is 0.789. The molecule has 1 atom stereocenters. The monoisotopic (exact) mass is 402 g/mol. The average Bonchev–Trinajstić information content (AvgIpc) is 2.37. The largest absolute Gasteiger partial charge is 0.381 e. The van der Waals surface area contributed by atoms with Crippen molar-refractivity contribution in [3.05, 3.63) is 56.2 Å². The highest BCUT2D eigenvalue weighted by molar-refractivity contribution is 9.10. The lowest BCUT2D eigenvalue weighted by Crippen LogP contribution is -2.18. The van der Waals surface area contributed by atoms with Gasteiger partial charge in [-0.3, -0.25) is 0 Å². The van der Waals surface area contributed by atoms with Crippen LogP contribution in [-0.4, -0.2) is 11.0 Å². The molecule has 1 unspecified atom stereocenters. The van der Waals surface area contributed by atoms with E-state index >= 15 is 0 Å². The smallest absolute Gasteiger partial charge is 0.143 e. The fraction of sp³-hybridized carbons (Fsp3) is 0.214. The molecule has 1 heterocycles. The van der Waals surface area contributed by atoms with Gasteiger partial charge < -0.3 is 5.32 Å². The second-order valence-electron chi connectivity index (χ2n) is 4.37. The van der Waals surface area contributed by atoms with Crippen LogP contribution in [0.15, 0.2) is 45.5 Å². The van der Waals surface area contributed by atoms with Gasteiger partial charge in [0.05, 0.1) is 16.4 Å². The second-order valence-corrected chi connectivity index (χ2v) is 6.50. The molecule has 2 aromatic rings. The van der Waals surface area contributed by atoms with E-state index in [4.69, 9.17) is 11.6 Å². The lowest BCUT2D eigenvalue weighted by Gasteiger charge is -2.15. The van der Waals surface area contributed by atoms with Crippen LogP contribution < -0.4 is 5.32 Å². The maximum Gasteiger partial charge on any atom is 0.143 e. The van der Waals surface area contributed by atoms with E-state index in [0.717, 1.165) is 21.1 Å². The van der Waals surface area contributed by atoms with Gasteiger partial charge in [0.2, 0.25) is 0 Å². The predicted molar refractivity (Wildman–Crippen MR) is 87.9 cm³/mol. The number of hydrogen-bond donors (Lipinski definition) is 1. The van der Waals surface area contributed by atoms with Crippen LogP contribution in [0.25, 0.3) is 0 Å². The highest BCUT2D eigenvalue weighted by Crippen LogP contribution is 2.23. The molecule has 2 nitrogen and oxygen atoms in total. The van der Waals surface area contributed by atoms with Crippen molar-refractivity contribution < 1.29 is 0 Å². The van der Waals surface area contributed by atoms with E-state index in [9.17, 15) is 0 Å². The molecule has 1 aromatic heterocycles. The van der Waals surface area contributed by atoms with E-state index in [1.807, 2.05) is 6.07 Å². The van der Waals surface area contributed by atoms with Crippen LogP contribution in [0, 0.1) is 0 Å². The van der Waals surface area contributed by atoms with Crippen LogP contribution in [0.3, 0.4) is 0 Å². The van der Waals surface area contributed by atoms with Gasteiger partial charge in [-0.2, -0.15) is 0 Å². The maximum absolute atomic E-state index is 5.87. The first kappa shape index (κ1) is 14.8. The summed E-state index contributed by atoms with van der Waals surface area (Å²) in [4.78, 5) is 4.10. The van der Waals surface area contributed by atoms with Crippen molar-refractivity contribution in [1.29, 1.82) is 0 Å². The van der Waals surface area contributed by atoms with Crippen molar-refractivity contribution in [3.8, 4) is 0 Å². The Morgan fingerprint density at radius 2 is 1.95 bits per heavy atom. The molecular formula is C14H13Br2ClN2. The first-order chi connectivity index (χ1) is 9.04. The average molecular weight is 405 g/mol. The topological polar surface area (TPSA) is 24.9 Å². The molecule has 0 aliphatic carbocycles. The van der Waals surface area contributed by atoms with E-state index in [1.54, 1.807) is 6.20 Å². The number of aromatic nitrogens is 1. The molecule has 5 heteroatoms. The highest BCUT2D eigenvalue weighted by Gasteiger charge is 2.06. The van der Waals surface area contributed by atoms with Gasteiger partial charge in [-0.05, 0) is 53.0 Å². The summed E-state index contributed by atoms with van der Waals surface area (Å²) in [7, 11) is 0. The van der Waals surface area contributed by atoms with Crippen LogP contribution in [-0.2, 0) is 6.42 Å². The third kappa shape index (κ3) is 4.48. The van der Waals surface area contributed by atoms with Crippen molar-refractivity contribution in [2.24, 2.45) is 0 Å². The van der Waals surface area contributed by atoms with Crippen molar-refractivity contribution in [1.82, 2.24) is 4.98 Å². The second kappa shape index (κ2) is 6.73. The number of rotatable bonds is 4. The van der Waals surface area contributed by atoms with Crippen molar-refractivity contribution in [2.45, 2.75) is 19.4 Å². The van der Waals surface area contributed by atoms with Crippen LogP contribution in [0.4, 0.5) is 5.69 Å². The third-order valence-corrected chi connectivity index (χ3v) is 4.33. The number of anilines is 1. The number of nitrogens with zero attached hydrogens (tertiary/aromatic N) is 1. The standard InChI is InChI=1S/C14H13Br2ClN2/c1-9(6-10-2-4-11(15)5-3-10)19-12-7-13(16)14(17)18-8-12/h2-5,7-9,19H,6H2,1H3. The Morgan fingerprint density at radius 1 is 1.26 bits per heavy atom. The Labute approximate surface area is 134 Å². The Bertz CT molecular complexity index is 558. The Hall–Kier alpha value is -0.580. The lowest BCUT2D eigenvalue weighted by atomic mass is 10.1. The zero-order chi connectivity index (χ0) is 13.8. The molecule has 1 N–H and O–H groups in total. The molecule has 0 amide bonds. The Balaban J connectivity index is 1.98. The highest BCUT2D eigenvalue weighted by atomic mass is 79.9. The van der Waals surface area contributed by atoms with Gasteiger partial charge >= 0.3 is 0 Å². The molecule has 0 aliphatic heterocycles. The summed E-state index contributed by atoms with van der Waals surface area (Å²) in [5.41, 5.74) is 2.25. The molecule has 0 fully saturated rings. The Kier molecular flexibility index (Phi) is 5.25. The number of nitrogens with one attached hydrogen (secondary N) is 1. The van der Waals surface area contributed by atoms with E-state index in [-0.39, 0.29) is 0 Å². The molecule has 0 saturated carbocycles. The van der Waals surface area contributed by atoms with Crippen LogP contribution in [0.2, 0.25) is 5.15 Å². The molecule has 100 valence electrons. The van der Waals surface area contributed by atoms with Gasteiger partial charge in [-0.1, -0.05) is 39.7 Å². The molecule has 0 spiro atoms. The summed E-state index contributed by atoms with van der Waals surface area (Å²) in [5, 5.41) is 3.89. The van der Waals surface area contributed by atoms with Gasteiger partial charge in [0.1, 0.15) is 5.15 Å². The van der Waals surface area contributed by atoms with E-state index < -0.39 is 0 Å². The minimum absolute atomic E-state index is 0.316. The molecule has 0 aliphatic rings. The summed E-state index contributed by atoms with van der Waals surface area (Å²) < 4.78 is 1.90. The van der Waals surface area contributed by atoms with E-state index in [0.29, 0.717) is 11.2 Å². The quantitative estimate of drug-likeness (QED) is 0.699. The zero-order valence-electron chi connectivity index (χ0n) is 10.3. The molecule has 0 radical (unpaired) electrons. The molecule has 2 rings (SSSR count). The first-order valence-corrected chi connectivity index (χ1v) is 7.83. The molecule has 1 aromatic carbocycles. The van der Waals surface area contributed by atoms with Crippen molar-refractivity contribution in [3.63, 3.8) is 0 Å². The van der Waals surface area contributed by atoms with Crippen LogP contribution >= 0.6 is 43.5 Å². The number of hydrogen-bond acceptors (Lipinski definition) is 2. The fourth-order valence-corrected chi connectivity index (χ4v) is 2.53. The van der Waals surface area contributed by atoms with Gasteiger partial charge in [-0.25, -0.2) is 4.98 Å². The summed E-state index contributed by atoms with van der Waals surface area (Å²) in [6.45, 7) is 2.14. The fourth-order valence-electron chi connectivity index (χ4n) is 1.81. The maximum atomic E-state index is 5.87. The van der Waals surface area contributed by atoms with E-state index in [1.165, 1.54) is 5.56 Å². The van der Waals surface area contributed by atoms with Gasteiger partial charge in [0.25, 0.3) is 0 Å². The predicted octanol–water partition coefficient (Wildman–Crippen LogP) is 5.30. The summed E-state index contributed by atoms with van der Waals surface area (Å²) in [6, 6.07) is 10.6. The normalized spacial score (nSPS) is 12.2. The van der Waals surface area contributed by atoms with Crippen molar-refractivity contribution in [2.75, 3.05) is 5.32 Å². The van der Waals surface area contributed by atoms with Gasteiger partial charge in [0, 0.05) is 10.5 Å². The SMILES string of the molecule is CC(Cc1ccc(Br)cc1)Nc1cnc(Cl)c(Br)c1. The number of benzene rings is 1. The molecule has 0 bridgehead atoms. The van der Waals surface area contributed by atoms with Gasteiger partial charge in [-0.15, -0.1) is 0 Å². The molecule has 19 heavy (non-hydrogen) atoms. The molecular weight excluding hydrogens is 391 g/mol. The first-order valence-electron chi connectivity index (χ1n) is 5.86. The van der Waals surface area contributed by atoms with Crippen molar-refractivity contribution >= 4 is 49.1 Å². The zero-order valence-corrected chi connectivity index (χ0v) is 14.3. The Morgan fingerprint density at radius 3 is 2.58 bits per heavy atom. The minimum Gasteiger partial charge on any atom is -0.381 e. The van der Waals surface area contributed by atoms with Gasteiger partial charge in [0.15, 0.2) is 0 Å². The number of pyridine rings is 1. The van der Waals surface area contributed by atoms with Crippen LogP contribution in [0.1, 0.15) is 12.5 Å². The van der Waals surface area contributed by atoms with Crippen LogP contribution in [0.5, 0.6) is 0 Å². The summed E-state index contributed by atoms with van der Waals surface area (Å²) in [5.74, 6) is 0. The summed E-state index contributed by atoms with van der Waals surface area (Å²) >= 11 is 12.7. The van der Waals surface area contributed by atoms with E-state index in [2.05, 4.69) is 73.3 Å².